The van der Waals surface area contributed by atoms with E-state index < -0.39 is 0 Å². The van der Waals surface area contributed by atoms with Crippen molar-refractivity contribution in [1.82, 2.24) is 5.32 Å². The van der Waals surface area contributed by atoms with E-state index in [1.54, 1.807) is 0 Å². The fourth-order valence-electron chi connectivity index (χ4n) is 2.38. The van der Waals surface area contributed by atoms with Gasteiger partial charge in [0.25, 0.3) is 0 Å². The maximum Gasteiger partial charge on any atom is 0.228 e. The van der Waals surface area contributed by atoms with Gasteiger partial charge in [0.2, 0.25) is 5.91 Å². The third-order valence-electron chi connectivity index (χ3n) is 3.65. The van der Waals surface area contributed by atoms with Gasteiger partial charge in [0, 0.05) is 12.2 Å². The maximum atomic E-state index is 12.1. The molecule has 1 amide bonds. The minimum Gasteiger partial charge on any atom is -0.326 e. The van der Waals surface area contributed by atoms with Crippen LogP contribution in [0.25, 0.3) is 0 Å². The molecule has 0 aromatic heterocycles. The zero-order valence-electron chi connectivity index (χ0n) is 11.3. The first-order valence-electron chi connectivity index (χ1n) is 6.88. The molecule has 0 bridgehead atoms. The summed E-state index contributed by atoms with van der Waals surface area (Å²) in [5.41, 5.74) is 3.48. The van der Waals surface area contributed by atoms with Crippen molar-refractivity contribution in [2.45, 2.75) is 33.1 Å². The van der Waals surface area contributed by atoms with Gasteiger partial charge in [0.15, 0.2) is 0 Å². The number of hydrogen-bond acceptors (Lipinski definition) is 2. The molecule has 2 rings (SSSR count). The highest BCUT2D eigenvalue weighted by molar-refractivity contribution is 5.93. The quantitative estimate of drug-likeness (QED) is 0.856. The Kier molecular flexibility index (Phi) is 4.37. The van der Waals surface area contributed by atoms with E-state index in [0.29, 0.717) is 0 Å². The van der Waals surface area contributed by atoms with E-state index in [4.69, 9.17) is 0 Å². The molecule has 0 spiro atoms. The average Bonchev–Trinajstić information content (AvgIpc) is 2.92. The van der Waals surface area contributed by atoms with Crippen LogP contribution >= 0.6 is 0 Å². The largest absolute Gasteiger partial charge is 0.326 e. The van der Waals surface area contributed by atoms with Crippen molar-refractivity contribution in [3.05, 3.63) is 29.3 Å². The molecule has 1 heterocycles. The highest BCUT2D eigenvalue weighted by Gasteiger charge is 2.22. The standard InChI is InChI=1S/C15H22N2O/c1-3-11-5-6-12(4-2)14(9-11)17-15(18)13-7-8-16-10-13/h5-6,9,13,16H,3-4,7-8,10H2,1-2H3,(H,17,18)/t13-/m1/s1. The van der Waals surface area contributed by atoms with E-state index in [1.807, 2.05) is 0 Å². The van der Waals surface area contributed by atoms with E-state index in [-0.39, 0.29) is 11.8 Å². The number of amides is 1. The van der Waals surface area contributed by atoms with Crippen molar-refractivity contribution in [2.75, 3.05) is 18.4 Å². The molecule has 1 saturated heterocycles. The predicted molar refractivity (Wildman–Crippen MR) is 74.8 cm³/mol. The number of nitrogens with one attached hydrogen (secondary N) is 2. The molecule has 98 valence electrons. The molecule has 0 aliphatic carbocycles. The SMILES string of the molecule is CCc1ccc(CC)c(NC(=O)[C@@H]2CCNC2)c1. The lowest BCUT2D eigenvalue weighted by Gasteiger charge is -2.14. The van der Waals surface area contributed by atoms with Crippen LogP contribution in [0, 0.1) is 5.92 Å². The van der Waals surface area contributed by atoms with Crippen LogP contribution in [0.5, 0.6) is 0 Å². The number of benzene rings is 1. The molecule has 1 aromatic rings. The molecule has 1 fully saturated rings. The van der Waals surface area contributed by atoms with Crippen LogP contribution in [0.3, 0.4) is 0 Å². The van der Waals surface area contributed by atoms with E-state index in [2.05, 4.69) is 42.7 Å². The van der Waals surface area contributed by atoms with Crippen molar-refractivity contribution < 1.29 is 4.79 Å². The summed E-state index contributed by atoms with van der Waals surface area (Å²) in [6, 6.07) is 6.38. The number of rotatable bonds is 4. The summed E-state index contributed by atoms with van der Waals surface area (Å²) in [7, 11) is 0. The Labute approximate surface area is 109 Å². The second-order valence-electron chi connectivity index (χ2n) is 4.88. The van der Waals surface area contributed by atoms with Gasteiger partial charge in [0.05, 0.1) is 5.92 Å². The average molecular weight is 246 g/mol. The molecule has 1 aromatic carbocycles. The van der Waals surface area contributed by atoms with Gasteiger partial charge < -0.3 is 10.6 Å². The number of anilines is 1. The van der Waals surface area contributed by atoms with Gasteiger partial charge in [0.1, 0.15) is 0 Å². The smallest absolute Gasteiger partial charge is 0.228 e. The van der Waals surface area contributed by atoms with Crippen molar-refractivity contribution in [1.29, 1.82) is 0 Å². The van der Waals surface area contributed by atoms with Crippen molar-refractivity contribution >= 4 is 11.6 Å². The molecule has 2 N–H and O–H groups in total. The van der Waals surface area contributed by atoms with Gasteiger partial charge in [-0.2, -0.15) is 0 Å². The van der Waals surface area contributed by atoms with Gasteiger partial charge >= 0.3 is 0 Å². The monoisotopic (exact) mass is 246 g/mol. The van der Waals surface area contributed by atoms with Gasteiger partial charge in [-0.05, 0) is 43.0 Å². The van der Waals surface area contributed by atoms with Crippen LogP contribution in [0.2, 0.25) is 0 Å². The molecular formula is C15H22N2O. The lowest BCUT2D eigenvalue weighted by molar-refractivity contribution is -0.119. The summed E-state index contributed by atoms with van der Waals surface area (Å²) < 4.78 is 0. The molecule has 0 unspecified atom stereocenters. The van der Waals surface area contributed by atoms with E-state index >= 15 is 0 Å². The maximum absolute atomic E-state index is 12.1. The van der Waals surface area contributed by atoms with Crippen molar-refractivity contribution in [3.63, 3.8) is 0 Å². The van der Waals surface area contributed by atoms with Crippen LogP contribution in [0.1, 0.15) is 31.4 Å². The summed E-state index contributed by atoms with van der Waals surface area (Å²) in [6.07, 6.45) is 2.89. The highest BCUT2D eigenvalue weighted by atomic mass is 16.1. The Morgan fingerprint density at radius 3 is 2.83 bits per heavy atom. The Morgan fingerprint density at radius 1 is 1.39 bits per heavy atom. The zero-order chi connectivity index (χ0) is 13.0. The highest BCUT2D eigenvalue weighted by Crippen LogP contribution is 2.20. The summed E-state index contributed by atoms with van der Waals surface area (Å²) in [5, 5.41) is 6.33. The van der Waals surface area contributed by atoms with Gasteiger partial charge in [-0.1, -0.05) is 26.0 Å². The van der Waals surface area contributed by atoms with Crippen LogP contribution in [0.15, 0.2) is 18.2 Å². The van der Waals surface area contributed by atoms with E-state index in [0.717, 1.165) is 38.0 Å². The van der Waals surface area contributed by atoms with Crippen LogP contribution in [-0.2, 0) is 17.6 Å². The molecule has 18 heavy (non-hydrogen) atoms. The number of carbonyl (C=O) groups is 1. The summed E-state index contributed by atoms with van der Waals surface area (Å²) >= 11 is 0. The van der Waals surface area contributed by atoms with Crippen LogP contribution < -0.4 is 10.6 Å². The predicted octanol–water partition coefficient (Wildman–Crippen LogP) is 2.36. The Bertz CT molecular complexity index is 423. The third-order valence-corrected chi connectivity index (χ3v) is 3.65. The Balaban J connectivity index is 2.13. The number of aryl methyl sites for hydroxylation is 2. The molecule has 1 atom stereocenters. The second-order valence-corrected chi connectivity index (χ2v) is 4.88. The van der Waals surface area contributed by atoms with E-state index in [1.165, 1.54) is 11.1 Å². The number of hydrogen-bond donors (Lipinski definition) is 2. The fraction of sp³-hybridized carbons (Fsp3) is 0.533. The van der Waals surface area contributed by atoms with Crippen molar-refractivity contribution in [2.24, 2.45) is 5.92 Å². The lowest BCUT2D eigenvalue weighted by Crippen LogP contribution is -2.25. The Morgan fingerprint density at radius 2 is 2.22 bits per heavy atom. The first kappa shape index (κ1) is 13.1. The molecule has 1 aliphatic heterocycles. The minimum absolute atomic E-state index is 0.125. The molecule has 0 radical (unpaired) electrons. The molecule has 3 nitrogen and oxygen atoms in total. The van der Waals surface area contributed by atoms with Crippen LogP contribution in [-0.4, -0.2) is 19.0 Å². The summed E-state index contributed by atoms with van der Waals surface area (Å²) in [4.78, 5) is 12.1. The first-order valence-corrected chi connectivity index (χ1v) is 6.88. The summed E-state index contributed by atoms with van der Waals surface area (Å²) in [6.45, 7) is 6.01. The molecule has 0 saturated carbocycles. The van der Waals surface area contributed by atoms with Gasteiger partial charge in [-0.25, -0.2) is 0 Å². The third kappa shape index (κ3) is 2.91. The van der Waals surface area contributed by atoms with E-state index in [9.17, 15) is 4.79 Å². The zero-order valence-corrected chi connectivity index (χ0v) is 11.3. The van der Waals surface area contributed by atoms with Crippen molar-refractivity contribution in [3.8, 4) is 0 Å². The molecule has 1 aliphatic rings. The minimum atomic E-state index is 0.125. The fourth-order valence-corrected chi connectivity index (χ4v) is 2.38. The summed E-state index contributed by atoms with van der Waals surface area (Å²) in [5.74, 6) is 0.281. The first-order chi connectivity index (χ1) is 8.74. The second kappa shape index (κ2) is 6.01. The van der Waals surface area contributed by atoms with Gasteiger partial charge in [-0.15, -0.1) is 0 Å². The van der Waals surface area contributed by atoms with Crippen LogP contribution in [0.4, 0.5) is 5.69 Å². The topological polar surface area (TPSA) is 41.1 Å². The molecule has 3 heteroatoms. The number of carbonyl (C=O) groups excluding carboxylic acids is 1. The normalized spacial score (nSPS) is 18.9. The Hall–Kier alpha value is -1.35. The van der Waals surface area contributed by atoms with Gasteiger partial charge in [-0.3, -0.25) is 4.79 Å². The lowest BCUT2D eigenvalue weighted by atomic mass is 10.0. The molecular weight excluding hydrogens is 224 g/mol.